The molecule has 0 aliphatic carbocycles. The van der Waals surface area contributed by atoms with E-state index in [2.05, 4.69) is 67.3 Å². The van der Waals surface area contributed by atoms with E-state index in [4.69, 9.17) is 9.40 Å². The third-order valence-corrected chi connectivity index (χ3v) is 8.59. The van der Waals surface area contributed by atoms with Gasteiger partial charge < -0.3 is 0 Å². The van der Waals surface area contributed by atoms with Crippen LogP contribution in [0.3, 0.4) is 0 Å². The van der Waals surface area contributed by atoms with Crippen LogP contribution in [0.2, 0.25) is 17.3 Å². The molecule has 3 aromatic heterocycles. The quantitative estimate of drug-likeness (QED) is 0.381. The Morgan fingerprint density at radius 3 is 2.30 bits per heavy atom. The molecule has 27 heavy (non-hydrogen) atoms. The van der Waals surface area contributed by atoms with Gasteiger partial charge in [0.05, 0.1) is 0 Å². The van der Waals surface area contributed by atoms with Crippen LogP contribution in [0.5, 0.6) is 0 Å². The van der Waals surface area contributed by atoms with Gasteiger partial charge in [0.2, 0.25) is 0 Å². The van der Waals surface area contributed by atoms with E-state index in [0.717, 1.165) is 33.5 Å². The Morgan fingerprint density at radius 1 is 0.889 bits per heavy atom. The molecule has 0 bridgehead atoms. The van der Waals surface area contributed by atoms with E-state index in [9.17, 15) is 0 Å². The second kappa shape index (κ2) is 6.20. The number of rotatable bonds is 2. The zero-order valence-electron chi connectivity index (χ0n) is 16.9. The summed E-state index contributed by atoms with van der Waals surface area (Å²) in [5.41, 5.74) is 4.98. The summed E-state index contributed by atoms with van der Waals surface area (Å²) in [5, 5.41) is 2.33. The molecule has 0 amide bonds. The fraction of sp³-hybridized carbons (Fsp3) is 0.304. The van der Waals surface area contributed by atoms with Crippen molar-refractivity contribution in [1.29, 1.82) is 0 Å². The van der Waals surface area contributed by atoms with E-state index in [-0.39, 0.29) is 5.41 Å². The van der Waals surface area contributed by atoms with E-state index in [0.29, 0.717) is 0 Å². The number of pyridine rings is 2. The number of nitrogens with zero attached hydrogens (tertiary/aromatic N) is 2. The Kier molecular flexibility index (Phi) is 4.19. The number of aromatic nitrogens is 2. The predicted octanol–water partition coefficient (Wildman–Crippen LogP) is 5.89. The Hall–Kier alpha value is -2.14. The van der Waals surface area contributed by atoms with Crippen molar-refractivity contribution in [3.63, 3.8) is 0 Å². The summed E-state index contributed by atoms with van der Waals surface area (Å²) in [7, 11) is 0. The van der Waals surface area contributed by atoms with Gasteiger partial charge in [-0.2, -0.15) is 0 Å². The van der Waals surface area contributed by atoms with Crippen molar-refractivity contribution in [2.75, 3.05) is 0 Å². The van der Waals surface area contributed by atoms with Crippen molar-refractivity contribution >= 4 is 39.7 Å². The topological polar surface area (TPSA) is 38.9 Å². The molecule has 0 N–H and O–H groups in total. The molecule has 0 spiro atoms. The maximum absolute atomic E-state index is 6.51. The molecule has 138 valence electrons. The normalized spacial score (nSPS) is 12.8. The minimum absolute atomic E-state index is 0.00137. The van der Waals surface area contributed by atoms with Crippen molar-refractivity contribution in [1.82, 2.24) is 9.97 Å². The number of para-hydroxylation sites is 1. The second-order valence-corrected chi connectivity index (χ2v) is 19.7. The van der Waals surface area contributed by atoms with Crippen LogP contribution >= 0.6 is 0 Å². The van der Waals surface area contributed by atoms with Gasteiger partial charge in [-0.05, 0) is 0 Å². The monoisotopic (exact) mass is 420 g/mol. The van der Waals surface area contributed by atoms with Gasteiger partial charge in [0.1, 0.15) is 0 Å². The zero-order chi connectivity index (χ0) is 19.4. The molecular formula is C23H26GeN2O. The first-order chi connectivity index (χ1) is 12.7. The molecule has 0 aliphatic rings. The van der Waals surface area contributed by atoms with Gasteiger partial charge in [0.25, 0.3) is 0 Å². The van der Waals surface area contributed by atoms with Gasteiger partial charge in [0, 0.05) is 0 Å². The van der Waals surface area contributed by atoms with E-state index in [1.807, 2.05) is 24.4 Å². The summed E-state index contributed by atoms with van der Waals surface area (Å²) in [6.45, 7) is 6.67. The molecule has 0 unspecified atom stereocenters. The molecule has 0 atom stereocenters. The van der Waals surface area contributed by atoms with E-state index in [1.54, 1.807) is 0 Å². The van der Waals surface area contributed by atoms with Crippen molar-refractivity contribution in [2.45, 2.75) is 43.5 Å². The van der Waals surface area contributed by atoms with Crippen LogP contribution in [0, 0.1) is 0 Å². The molecule has 0 aliphatic heterocycles. The first-order valence-electron chi connectivity index (χ1n) is 9.45. The number of furan rings is 1. The summed E-state index contributed by atoms with van der Waals surface area (Å²) in [6.07, 6.45) is 1.83. The first kappa shape index (κ1) is 18.2. The molecule has 0 radical (unpaired) electrons. The molecule has 0 saturated carbocycles. The minimum atomic E-state index is -2.24. The van der Waals surface area contributed by atoms with Crippen molar-refractivity contribution < 1.29 is 4.42 Å². The van der Waals surface area contributed by atoms with Crippen molar-refractivity contribution in [2.24, 2.45) is 0 Å². The van der Waals surface area contributed by atoms with Gasteiger partial charge in [-0.3, -0.25) is 0 Å². The molecule has 4 rings (SSSR count). The average molecular weight is 419 g/mol. The molecule has 4 heteroatoms. The number of hydrogen-bond acceptors (Lipinski definition) is 3. The molecule has 3 nitrogen and oxygen atoms in total. The Balaban J connectivity index is 2.13. The summed E-state index contributed by atoms with van der Waals surface area (Å²) in [6, 6.07) is 14.5. The summed E-state index contributed by atoms with van der Waals surface area (Å²) in [5.74, 6) is 7.13. The molecule has 4 aromatic rings. The van der Waals surface area contributed by atoms with Crippen LogP contribution < -0.4 is 4.53 Å². The average Bonchev–Trinajstić information content (AvgIpc) is 2.98. The fourth-order valence-electron chi connectivity index (χ4n) is 3.41. The molecule has 0 fully saturated rings. The van der Waals surface area contributed by atoms with Gasteiger partial charge >= 0.3 is 163 Å². The predicted molar refractivity (Wildman–Crippen MR) is 116 cm³/mol. The van der Waals surface area contributed by atoms with E-state index >= 15 is 0 Å². The Labute approximate surface area is 163 Å². The Morgan fingerprint density at radius 2 is 1.67 bits per heavy atom. The third-order valence-electron chi connectivity index (χ3n) is 4.90. The standard InChI is InChI=1S/C23H26GeN2O/c1-23(2,3)19-14-17-15-10-9-11-16(18-12-7-8-13-25-18)20(15)27-21(17)22(26-19)24(4,5)6/h7-14H,1-6H3. The van der Waals surface area contributed by atoms with Crippen LogP contribution in [0.1, 0.15) is 26.5 Å². The van der Waals surface area contributed by atoms with Crippen LogP contribution in [0.15, 0.2) is 53.1 Å². The molecule has 1 aromatic carbocycles. The van der Waals surface area contributed by atoms with Crippen LogP contribution in [-0.4, -0.2) is 23.2 Å². The van der Waals surface area contributed by atoms with Gasteiger partial charge in [-0.1, -0.05) is 0 Å². The summed E-state index contributed by atoms with van der Waals surface area (Å²) in [4.78, 5) is 9.65. The SMILES string of the molecule is CC(C)(C)c1cc2c(oc3c(-c4ccccn4)cccc32)[c]([Ge]([CH3])([CH3])[CH3])n1. The zero-order valence-corrected chi connectivity index (χ0v) is 19.0. The second-order valence-electron chi connectivity index (χ2n) is 9.23. The van der Waals surface area contributed by atoms with Crippen LogP contribution in [0.25, 0.3) is 33.2 Å². The number of fused-ring (bicyclic) bond motifs is 3. The van der Waals surface area contributed by atoms with E-state index in [1.165, 1.54) is 9.91 Å². The fourth-order valence-corrected chi connectivity index (χ4v) is 6.19. The summed E-state index contributed by atoms with van der Waals surface area (Å²) < 4.78 is 7.70. The third kappa shape index (κ3) is 3.18. The van der Waals surface area contributed by atoms with Gasteiger partial charge in [-0.25, -0.2) is 0 Å². The van der Waals surface area contributed by atoms with Gasteiger partial charge in [0.15, 0.2) is 0 Å². The van der Waals surface area contributed by atoms with Crippen molar-refractivity contribution in [3.05, 3.63) is 54.4 Å². The van der Waals surface area contributed by atoms with Crippen molar-refractivity contribution in [3.8, 4) is 11.3 Å². The first-order valence-corrected chi connectivity index (χ1v) is 16.8. The number of benzene rings is 1. The van der Waals surface area contributed by atoms with Gasteiger partial charge in [-0.15, -0.1) is 0 Å². The molecule has 3 heterocycles. The van der Waals surface area contributed by atoms with E-state index < -0.39 is 13.3 Å². The van der Waals surface area contributed by atoms with Crippen LogP contribution in [-0.2, 0) is 5.41 Å². The molecule has 0 saturated heterocycles. The molecular weight excluding hydrogens is 393 g/mol. The van der Waals surface area contributed by atoms with Crippen LogP contribution in [0.4, 0.5) is 0 Å². The summed E-state index contributed by atoms with van der Waals surface area (Å²) >= 11 is -2.24. The Bertz CT molecular complexity index is 1130. The number of hydrogen-bond donors (Lipinski definition) is 0. The maximum atomic E-state index is 6.51.